The van der Waals surface area contributed by atoms with E-state index in [4.69, 9.17) is 4.74 Å². The van der Waals surface area contributed by atoms with Crippen molar-refractivity contribution >= 4 is 23.8 Å². The third kappa shape index (κ3) is 4.42. The summed E-state index contributed by atoms with van der Waals surface area (Å²) in [5.74, 6) is 0. The lowest BCUT2D eigenvalue weighted by atomic mass is 10.2. The molecule has 3 rings (SSSR count). The van der Waals surface area contributed by atoms with Crippen LogP contribution in [0, 0.1) is 0 Å². The molecule has 136 valence electrons. The van der Waals surface area contributed by atoms with Crippen LogP contribution in [0.1, 0.15) is 11.1 Å². The van der Waals surface area contributed by atoms with Gasteiger partial charge in [0.2, 0.25) is 0 Å². The molecule has 0 saturated carbocycles. The molecule has 0 unspecified atom stereocenters. The maximum Gasteiger partial charge on any atom is 0.416 e. The number of carbonyl (C=O) groups is 1. The lowest BCUT2D eigenvalue weighted by Gasteiger charge is -2.14. The van der Waals surface area contributed by atoms with E-state index in [0.29, 0.717) is 5.56 Å². The predicted octanol–water partition coefficient (Wildman–Crippen LogP) is 3.23. The summed E-state index contributed by atoms with van der Waals surface area (Å²) < 4.78 is 43.1. The number of hydrogen-bond acceptors (Lipinski definition) is 6. The van der Waals surface area contributed by atoms with Gasteiger partial charge in [0.25, 0.3) is 0 Å². The predicted molar refractivity (Wildman–Crippen MR) is 88.9 cm³/mol. The number of nitrogens with zero attached hydrogens (tertiary/aromatic N) is 2. The molecule has 0 atom stereocenters. The standard InChI is InChI=1S/C16H14F3N5O2/c17-16(18,19)12-4-2-5-13(8-12)21-15(25)26-9-11-3-1-6-14(7-11)24-10-20-22-23-24/h1-8,10,22-23H,9H2,(H,21,25). The van der Waals surface area contributed by atoms with Crippen LogP contribution in [0.5, 0.6) is 0 Å². The van der Waals surface area contributed by atoms with Crippen LogP contribution in [0.15, 0.2) is 53.6 Å². The van der Waals surface area contributed by atoms with Gasteiger partial charge in [-0.25, -0.2) is 15.3 Å². The van der Waals surface area contributed by atoms with Crippen molar-refractivity contribution in [2.24, 2.45) is 5.10 Å². The largest absolute Gasteiger partial charge is 0.444 e. The molecule has 7 nitrogen and oxygen atoms in total. The van der Waals surface area contributed by atoms with Crippen LogP contribution in [0.3, 0.4) is 0 Å². The first kappa shape index (κ1) is 17.5. The first-order chi connectivity index (χ1) is 12.4. The minimum Gasteiger partial charge on any atom is -0.444 e. The van der Waals surface area contributed by atoms with Crippen molar-refractivity contribution in [1.29, 1.82) is 0 Å². The van der Waals surface area contributed by atoms with E-state index >= 15 is 0 Å². The van der Waals surface area contributed by atoms with Crippen molar-refractivity contribution in [2.75, 3.05) is 10.3 Å². The molecule has 0 spiro atoms. The quantitative estimate of drug-likeness (QED) is 0.776. The number of ether oxygens (including phenoxy) is 1. The van der Waals surface area contributed by atoms with Gasteiger partial charge in [-0.05, 0) is 35.9 Å². The molecule has 2 aromatic rings. The Bertz CT molecular complexity index is 826. The fourth-order valence-electron chi connectivity index (χ4n) is 2.20. The Morgan fingerprint density at radius 2 is 2.00 bits per heavy atom. The van der Waals surface area contributed by atoms with E-state index in [0.717, 1.165) is 17.8 Å². The summed E-state index contributed by atoms with van der Waals surface area (Å²) in [5, 5.41) is 7.68. The molecule has 1 amide bonds. The Morgan fingerprint density at radius 3 is 2.73 bits per heavy atom. The highest BCUT2D eigenvalue weighted by Gasteiger charge is 2.30. The molecule has 2 aromatic carbocycles. The van der Waals surface area contributed by atoms with Gasteiger partial charge in [0.05, 0.1) is 11.3 Å². The molecule has 0 aliphatic carbocycles. The number of benzene rings is 2. The first-order valence-electron chi connectivity index (χ1n) is 7.45. The Labute approximate surface area is 146 Å². The highest BCUT2D eigenvalue weighted by atomic mass is 19.4. The van der Waals surface area contributed by atoms with E-state index in [-0.39, 0.29) is 12.3 Å². The summed E-state index contributed by atoms with van der Waals surface area (Å²) in [5.41, 5.74) is 5.93. The second-order valence-corrected chi connectivity index (χ2v) is 5.29. The third-order valence-corrected chi connectivity index (χ3v) is 3.40. The van der Waals surface area contributed by atoms with Crippen LogP contribution in [0.2, 0.25) is 0 Å². The maximum atomic E-state index is 12.7. The SMILES string of the molecule is O=C(Nc1cccc(C(F)(F)F)c1)OCc1cccc(N2C=NNN2)c1. The summed E-state index contributed by atoms with van der Waals surface area (Å²) in [7, 11) is 0. The van der Waals surface area contributed by atoms with Gasteiger partial charge in [0.15, 0.2) is 0 Å². The van der Waals surface area contributed by atoms with Gasteiger partial charge in [-0.15, -0.1) is 5.53 Å². The first-order valence-corrected chi connectivity index (χ1v) is 7.45. The number of hydrogen-bond donors (Lipinski definition) is 3. The average molecular weight is 365 g/mol. The zero-order valence-electron chi connectivity index (χ0n) is 13.2. The second-order valence-electron chi connectivity index (χ2n) is 5.29. The number of hydrazine groups is 2. The number of anilines is 2. The van der Waals surface area contributed by atoms with Crippen molar-refractivity contribution < 1.29 is 22.7 Å². The number of hydrazone groups is 1. The van der Waals surface area contributed by atoms with Gasteiger partial charge < -0.3 is 4.74 Å². The summed E-state index contributed by atoms with van der Waals surface area (Å²) >= 11 is 0. The van der Waals surface area contributed by atoms with E-state index < -0.39 is 17.8 Å². The Balaban J connectivity index is 1.58. The summed E-state index contributed by atoms with van der Waals surface area (Å²) in [6, 6.07) is 11.4. The topological polar surface area (TPSA) is 78.0 Å². The number of amides is 1. The minimum absolute atomic E-state index is 0.00197. The fourth-order valence-corrected chi connectivity index (χ4v) is 2.20. The van der Waals surface area contributed by atoms with Crippen LogP contribution in [0.4, 0.5) is 29.3 Å². The number of carbonyl (C=O) groups excluding carboxylic acids is 1. The summed E-state index contributed by atoms with van der Waals surface area (Å²) in [6.45, 7) is -0.0446. The Morgan fingerprint density at radius 1 is 1.19 bits per heavy atom. The molecule has 1 aliphatic heterocycles. The number of alkyl halides is 3. The molecule has 0 fully saturated rings. The van der Waals surface area contributed by atoms with Gasteiger partial charge in [-0.2, -0.15) is 18.3 Å². The van der Waals surface area contributed by atoms with E-state index in [1.165, 1.54) is 18.5 Å². The van der Waals surface area contributed by atoms with E-state index in [1.807, 2.05) is 6.07 Å². The molecule has 26 heavy (non-hydrogen) atoms. The van der Waals surface area contributed by atoms with E-state index in [9.17, 15) is 18.0 Å². The monoisotopic (exact) mass is 365 g/mol. The van der Waals surface area contributed by atoms with Crippen molar-refractivity contribution in [1.82, 2.24) is 11.1 Å². The smallest absolute Gasteiger partial charge is 0.416 e. The van der Waals surface area contributed by atoms with Crippen molar-refractivity contribution in [3.63, 3.8) is 0 Å². The van der Waals surface area contributed by atoms with Gasteiger partial charge in [-0.3, -0.25) is 5.32 Å². The Hall–Kier alpha value is -3.27. The van der Waals surface area contributed by atoms with Crippen LogP contribution in [-0.4, -0.2) is 12.4 Å². The second kappa shape index (κ2) is 7.31. The molecule has 0 bridgehead atoms. The summed E-state index contributed by atoms with van der Waals surface area (Å²) in [4.78, 5) is 11.8. The molecule has 10 heteroatoms. The number of halogens is 3. The highest BCUT2D eigenvalue weighted by molar-refractivity contribution is 5.84. The summed E-state index contributed by atoms with van der Waals surface area (Å²) in [6.07, 6.45) is -3.80. The molecule has 0 radical (unpaired) electrons. The van der Waals surface area contributed by atoms with Crippen LogP contribution in [0.25, 0.3) is 0 Å². The van der Waals surface area contributed by atoms with E-state index in [2.05, 4.69) is 21.5 Å². The van der Waals surface area contributed by atoms with Crippen LogP contribution < -0.4 is 21.4 Å². The molecule has 3 N–H and O–H groups in total. The van der Waals surface area contributed by atoms with Crippen molar-refractivity contribution in [3.8, 4) is 0 Å². The number of nitrogens with one attached hydrogen (secondary N) is 3. The molecular formula is C16H14F3N5O2. The van der Waals surface area contributed by atoms with Crippen molar-refractivity contribution in [3.05, 3.63) is 59.7 Å². The minimum atomic E-state index is -4.48. The normalized spacial score (nSPS) is 13.4. The number of rotatable bonds is 4. The van der Waals surface area contributed by atoms with Gasteiger partial charge in [0, 0.05) is 5.69 Å². The highest BCUT2D eigenvalue weighted by Crippen LogP contribution is 2.30. The molecule has 1 heterocycles. The molecule has 0 aromatic heterocycles. The van der Waals surface area contributed by atoms with Crippen LogP contribution >= 0.6 is 0 Å². The Kier molecular flexibility index (Phi) is 4.94. The van der Waals surface area contributed by atoms with Gasteiger partial charge in [-0.1, -0.05) is 18.2 Å². The zero-order chi connectivity index (χ0) is 18.6. The zero-order valence-corrected chi connectivity index (χ0v) is 13.2. The average Bonchev–Trinajstić information content (AvgIpc) is 3.14. The lowest BCUT2D eigenvalue weighted by molar-refractivity contribution is -0.137. The van der Waals surface area contributed by atoms with Gasteiger partial charge >= 0.3 is 12.3 Å². The van der Waals surface area contributed by atoms with Crippen molar-refractivity contribution in [2.45, 2.75) is 12.8 Å². The van der Waals surface area contributed by atoms with E-state index in [1.54, 1.807) is 23.2 Å². The molecule has 1 aliphatic rings. The lowest BCUT2D eigenvalue weighted by Crippen LogP contribution is -2.37. The van der Waals surface area contributed by atoms with Crippen LogP contribution in [-0.2, 0) is 17.5 Å². The third-order valence-electron chi connectivity index (χ3n) is 3.40. The van der Waals surface area contributed by atoms with Gasteiger partial charge in [0.1, 0.15) is 12.9 Å². The maximum absolute atomic E-state index is 12.7. The fraction of sp³-hybridized carbons (Fsp3) is 0.125. The molecule has 0 saturated heterocycles. The molecular weight excluding hydrogens is 351 g/mol.